The number of nitrogens with one attached hydrogen (secondary N) is 2. The highest BCUT2D eigenvalue weighted by Crippen LogP contribution is 2.35. The number of allylic oxidation sites excluding steroid dienone is 2. The molecule has 160 valence electrons. The van der Waals surface area contributed by atoms with E-state index in [0.717, 1.165) is 23.0 Å². The van der Waals surface area contributed by atoms with E-state index in [4.69, 9.17) is 4.74 Å². The number of carbonyl (C=O) groups is 1. The van der Waals surface area contributed by atoms with E-state index in [9.17, 15) is 13.7 Å². The standard InChI is InChI=1S/C20H21F2N3O3S2/c1-12-4-5-14(15(21)10-12)16-6-7-17(25-24-16)27-9-8-13-11-29-19(23-13)30-20(2,3)18(26)28-22/h4-7,10-11,24-25H,8-9H2,1-3H3. The zero-order valence-corrected chi connectivity index (χ0v) is 18.3. The van der Waals surface area contributed by atoms with Crippen molar-refractivity contribution >= 4 is 34.8 Å². The van der Waals surface area contributed by atoms with Crippen LogP contribution in [0.3, 0.4) is 0 Å². The highest BCUT2D eigenvalue weighted by molar-refractivity contribution is 8.03. The Morgan fingerprint density at radius 2 is 2.10 bits per heavy atom. The lowest BCUT2D eigenvalue weighted by atomic mass is 10.1. The van der Waals surface area contributed by atoms with Crippen molar-refractivity contribution in [1.82, 2.24) is 15.8 Å². The number of benzene rings is 1. The van der Waals surface area contributed by atoms with Gasteiger partial charge in [0, 0.05) is 28.0 Å². The van der Waals surface area contributed by atoms with E-state index in [1.54, 1.807) is 32.1 Å². The number of hydrazine groups is 1. The van der Waals surface area contributed by atoms with E-state index in [2.05, 4.69) is 20.8 Å². The van der Waals surface area contributed by atoms with Gasteiger partial charge in [0.05, 0.1) is 18.0 Å². The SMILES string of the molecule is Cc1ccc(C2=CC=C(OCCc3csc(SC(C)(C)C(=O)OF)n3)NN2)c(F)c1. The van der Waals surface area contributed by atoms with Crippen molar-refractivity contribution in [2.45, 2.75) is 36.3 Å². The Bertz CT molecular complexity index is 989. The van der Waals surface area contributed by atoms with Crippen LogP contribution < -0.4 is 10.9 Å². The quantitative estimate of drug-likeness (QED) is 0.573. The molecule has 0 fully saturated rings. The fourth-order valence-corrected chi connectivity index (χ4v) is 4.77. The molecule has 2 aromatic rings. The van der Waals surface area contributed by atoms with Gasteiger partial charge in [0.15, 0.2) is 4.34 Å². The molecule has 0 amide bonds. The summed E-state index contributed by atoms with van der Waals surface area (Å²) in [7, 11) is 0. The lowest BCUT2D eigenvalue weighted by molar-refractivity contribution is -0.185. The Balaban J connectivity index is 1.52. The molecule has 3 rings (SSSR count). The van der Waals surface area contributed by atoms with E-state index in [-0.39, 0.29) is 5.82 Å². The summed E-state index contributed by atoms with van der Waals surface area (Å²) >= 11 is 2.51. The van der Waals surface area contributed by atoms with Crippen LogP contribution in [0.2, 0.25) is 0 Å². The molecule has 0 atom stereocenters. The minimum atomic E-state index is -1.07. The number of hydrogen-bond acceptors (Lipinski definition) is 8. The first kappa shape index (κ1) is 22.1. The second-order valence-electron chi connectivity index (χ2n) is 7.02. The molecule has 1 aromatic carbocycles. The summed E-state index contributed by atoms with van der Waals surface area (Å²) in [5.74, 6) is -0.746. The van der Waals surface area contributed by atoms with Crippen LogP contribution in [0.5, 0.6) is 0 Å². The maximum absolute atomic E-state index is 14.1. The molecule has 1 aliphatic rings. The molecule has 0 radical (unpaired) electrons. The van der Waals surface area contributed by atoms with Crippen molar-refractivity contribution in [3.05, 3.63) is 64.3 Å². The van der Waals surface area contributed by atoms with Gasteiger partial charge in [0.2, 0.25) is 5.88 Å². The maximum Gasteiger partial charge on any atom is 0.364 e. The first-order chi connectivity index (χ1) is 14.3. The van der Waals surface area contributed by atoms with Crippen LogP contribution in [0, 0.1) is 12.7 Å². The maximum atomic E-state index is 14.1. The highest BCUT2D eigenvalue weighted by atomic mass is 32.2. The van der Waals surface area contributed by atoms with Crippen LogP contribution in [-0.4, -0.2) is 22.3 Å². The van der Waals surface area contributed by atoms with Crippen LogP contribution in [0.25, 0.3) is 5.70 Å². The Labute approximate surface area is 181 Å². The van der Waals surface area contributed by atoms with Gasteiger partial charge >= 0.3 is 5.97 Å². The Hall–Kier alpha value is -2.59. The third-order valence-corrected chi connectivity index (χ3v) is 6.35. The topological polar surface area (TPSA) is 72.5 Å². The molecule has 6 nitrogen and oxygen atoms in total. The van der Waals surface area contributed by atoms with E-state index in [0.29, 0.717) is 34.5 Å². The zero-order valence-electron chi connectivity index (χ0n) is 16.6. The molecule has 2 heterocycles. The second kappa shape index (κ2) is 9.48. The van der Waals surface area contributed by atoms with Gasteiger partial charge in [-0.25, -0.2) is 14.2 Å². The molecule has 1 aliphatic heterocycles. The Kier molecular flexibility index (Phi) is 6.99. The second-order valence-corrected chi connectivity index (χ2v) is 9.75. The van der Waals surface area contributed by atoms with Crippen LogP contribution >= 0.6 is 23.1 Å². The zero-order chi connectivity index (χ0) is 21.7. The van der Waals surface area contributed by atoms with Crippen molar-refractivity contribution < 1.29 is 23.4 Å². The fraction of sp³-hybridized carbons (Fsp3) is 0.300. The summed E-state index contributed by atoms with van der Waals surface area (Å²) in [6.07, 6.45) is 4.01. The normalized spacial score (nSPS) is 13.6. The molecule has 10 heteroatoms. The molecule has 0 unspecified atom stereocenters. The van der Waals surface area contributed by atoms with Gasteiger partial charge in [-0.3, -0.25) is 15.8 Å². The monoisotopic (exact) mass is 453 g/mol. The van der Waals surface area contributed by atoms with Gasteiger partial charge < -0.3 is 4.74 Å². The molecule has 0 saturated carbocycles. The van der Waals surface area contributed by atoms with Gasteiger partial charge in [-0.05, 0) is 44.5 Å². The Morgan fingerprint density at radius 3 is 2.77 bits per heavy atom. The first-order valence-electron chi connectivity index (χ1n) is 9.08. The lowest BCUT2D eigenvalue weighted by Gasteiger charge is -2.20. The molecule has 0 bridgehead atoms. The fourth-order valence-electron chi connectivity index (χ4n) is 2.52. The lowest BCUT2D eigenvalue weighted by Crippen LogP contribution is -2.33. The third-order valence-electron chi connectivity index (χ3n) is 4.19. The average molecular weight is 454 g/mol. The number of halogens is 2. The highest BCUT2D eigenvalue weighted by Gasteiger charge is 2.33. The number of carbonyl (C=O) groups excluding carboxylic acids is 1. The van der Waals surface area contributed by atoms with Crippen molar-refractivity contribution in [1.29, 1.82) is 0 Å². The van der Waals surface area contributed by atoms with E-state index >= 15 is 0 Å². The molecule has 0 spiro atoms. The summed E-state index contributed by atoms with van der Waals surface area (Å²) in [5.41, 5.74) is 8.55. The molecule has 0 saturated heterocycles. The molecular formula is C20H21F2N3O3S2. The third kappa shape index (κ3) is 5.51. The predicted octanol–water partition coefficient (Wildman–Crippen LogP) is 4.44. The first-order valence-corrected chi connectivity index (χ1v) is 10.8. The van der Waals surface area contributed by atoms with Crippen molar-refractivity contribution in [2.24, 2.45) is 0 Å². The van der Waals surface area contributed by atoms with Crippen molar-refractivity contribution in [3.63, 3.8) is 0 Å². The van der Waals surface area contributed by atoms with Gasteiger partial charge in [-0.1, -0.05) is 17.8 Å². The largest absolute Gasteiger partial charge is 0.478 e. The number of rotatable bonds is 8. The van der Waals surface area contributed by atoms with Crippen LogP contribution in [0.4, 0.5) is 8.92 Å². The Morgan fingerprint density at radius 1 is 1.30 bits per heavy atom. The summed E-state index contributed by atoms with van der Waals surface area (Å²) in [5, 5.41) is 1.86. The summed E-state index contributed by atoms with van der Waals surface area (Å²) < 4.78 is 31.5. The molecule has 30 heavy (non-hydrogen) atoms. The smallest absolute Gasteiger partial charge is 0.364 e. The van der Waals surface area contributed by atoms with Crippen LogP contribution in [-0.2, 0) is 20.9 Å². The van der Waals surface area contributed by atoms with Gasteiger partial charge in [0.1, 0.15) is 10.6 Å². The van der Waals surface area contributed by atoms with Gasteiger partial charge in [-0.15, -0.1) is 11.3 Å². The van der Waals surface area contributed by atoms with Gasteiger partial charge in [-0.2, -0.15) is 0 Å². The molecular weight excluding hydrogens is 432 g/mol. The molecule has 1 aromatic heterocycles. The number of thiazole rings is 1. The molecule has 2 N–H and O–H groups in total. The summed E-state index contributed by atoms with van der Waals surface area (Å²) in [6, 6.07) is 5.05. The minimum Gasteiger partial charge on any atom is -0.478 e. The van der Waals surface area contributed by atoms with E-state index in [1.165, 1.54) is 17.4 Å². The van der Waals surface area contributed by atoms with Crippen molar-refractivity contribution in [3.8, 4) is 0 Å². The molecule has 0 aliphatic carbocycles. The van der Waals surface area contributed by atoms with Crippen LogP contribution in [0.1, 0.15) is 30.7 Å². The number of aryl methyl sites for hydroxylation is 1. The summed E-state index contributed by atoms with van der Waals surface area (Å²) in [4.78, 5) is 19.2. The number of aromatic nitrogens is 1. The summed E-state index contributed by atoms with van der Waals surface area (Å²) in [6.45, 7) is 5.35. The average Bonchev–Trinajstić information content (AvgIpc) is 3.14. The van der Waals surface area contributed by atoms with E-state index in [1.807, 2.05) is 18.4 Å². The predicted molar refractivity (Wildman–Crippen MR) is 112 cm³/mol. The van der Waals surface area contributed by atoms with Crippen molar-refractivity contribution in [2.75, 3.05) is 6.61 Å². The number of ether oxygens (including phenoxy) is 1. The minimum absolute atomic E-state index is 0.298. The van der Waals surface area contributed by atoms with E-state index < -0.39 is 10.7 Å². The number of nitrogens with zero attached hydrogens (tertiary/aromatic N) is 1. The van der Waals surface area contributed by atoms with Crippen LogP contribution in [0.15, 0.2) is 46.0 Å². The number of hydrogen-bond donors (Lipinski definition) is 2. The number of thioether (sulfide) groups is 1. The van der Waals surface area contributed by atoms with Gasteiger partial charge in [0.25, 0.3) is 0 Å².